The molecule has 0 aromatic heterocycles. The van der Waals surface area contributed by atoms with E-state index in [2.05, 4.69) is 15.6 Å². The highest BCUT2D eigenvalue weighted by molar-refractivity contribution is 5.94. The molecule has 2 N–H and O–H groups in total. The number of rotatable bonds is 7. The number of hydrogen-bond donors (Lipinski definition) is 2. The van der Waals surface area contributed by atoms with Crippen molar-refractivity contribution in [2.45, 2.75) is 6.54 Å². The summed E-state index contributed by atoms with van der Waals surface area (Å²) in [5.41, 5.74) is 1.66. The van der Waals surface area contributed by atoms with Gasteiger partial charge in [0.05, 0.1) is 6.54 Å². The van der Waals surface area contributed by atoms with E-state index >= 15 is 0 Å². The Bertz CT molecular complexity index is 732. The van der Waals surface area contributed by atoms with Crippen LogP contribution in [0, 0.1) is 0 Å². The van der Waals surface area contributed by atoms with Crippen LogP contribution in [0.3, 0.4) is 0 Å². The van der Waals surface area contributed by atoms with Gasteiger partial charge in [0, 0.05) is 33.3 Å². The van der Waals surface area contributed by atoms with E-state index in [1.807, 2.05) is 60.5 Å². The molecule has 0 saturated heterocycles. The number of para-hydroxylation sites is 1. The lowest BCUT2D eigenvalue weighted by molar-refractivity contribution is 0.0963. The van der Waals surface area contributed by atoms with Crippen LogP contribution in [0.25, 0.3) is 0 Å². The third-order valence-electron chi connectivity index (χ3n) is 3.88. The molecule has 6 heteroatoms. The van der Waals surface area contributed by atoms with Crippen LogP contribution in [0.4, 0.5) is 0 Å². The topological polar surface area (TPSA) is 66.0 Å². The second kappa shape index (κ2) is 10.1. The summed E-state index contributed by atoms with van der Waals surface area (Å²) in [7, 11) is 5.34. The third-order valence-corrected chi connectivity index (χ3v) is 3.88. The van der Waals surface area contributed by atoms with Crippen molar-refractivity contribution in [3.05, 3.63) is 65.7 Å². The number of ether oxygens (including phenoxy) is 1. The number of nitrogens with one attached hydrogen (secondary N) is 2. The monoisotopic (exact) mass is 354 g/mol. The maximum Gasteiger partial charge on any atom is 0.251 e. The maximum absolute atomic E-state index is 11.7. The van der Waals surface area contributed by atoms with Crippen molar-refractivity contribution in [3.63, 3.8) is 0 Å². The van der Waals surface area contributed by atoms with Crippen LogP contribution in [-0.2, 0) is 6.54 Å². The van der Waals surface area contributed by atoms with Crippen molar-refractivity contribution in [2.75, 3.05) is 34.3 Å². The van der Waals surface area contributed by atoms with Crippen LogP contribution in [-0.4, -0.2) is 51.1 Å². The first kappa shape index (κ1) is 19.3. The number of carbonyl (C=O) groups is 1. The van der Waals surface area contributed by atoms with E-state index < -0.39 is 0 Å². The van der Waals surface area contributed by atoms with Crippen molar-refractivity contribution in [2.24, 2.45) is 4.99 Å². The smallest absolute Gasteiger partial charge is 0.251 e. The summed E-state index contributed by atoms with van der Waals surface area (Å²) in [5, 5.41) is 5.94. The Morgan fingerprint density at radius 2 is 1.92 bits per heavy atom. The zero-order chi connectivity index (χ0) is 18.8. The molecule has 6 nitrogen and oxygen atoms in total. The van der Waals surface area contributed by atoms with E-state index in [-0.39, 0.29) is 5.91 Å². The second-order valence-electron chi connectivity index (χ2n) is 5.76. The van der Waals surface area contributed by atoms with Crippen LogP contribution in [0.1, 0.15) is 15.9 Å². The number of likely N-dealkylation sites (N-methyl/N-ethyl adjacent to an activating group) is 1. The molecule has 138 valence electrons. The predicted molar refractivity (Wildman–Crippen MR) is 105 cm³/mol. The van der Waals surface area contributed by atoms with E-state index in [9.17, 15) is 4.79 Å². The van der Waals surface area contributed by atoms with Crippen LogP contribution in [0.2, 0.25) is 0 Å². The summed E-state index contributed by atoms with van der Waals surface area (Å²) < 4.78 is 5.72. The van der Waals surface area contributed by atoms with Crippen molar-refractivity contribution in [1.82, 2.24) is 15.5 Å². The van der Waals surface area contributed by atoms with Gasteiger partial charge >= 0.3 is 0 Å². The summed E-state index contributed by atoms with van der Waals surface area (Å²) in [6.07, 6.45) is 0. The van der Waals surface area contributed by atoms with Crippen molar-refractivity contribution < 1.29 is 9.53 Å². The SMILES string of the molecule is CN=C(NCc1cccc(C(=O)NC)c1)N(C)CCOc1ccccc1. The molecule has 2 rings (SSSR count). The fourth-order valence-electron chi connectivity index (χ4n) is 2.46. The van der Waals surface area contributed by atoms with Crippen molar-refractivity contribution >= 4 is 11.9 Å². The molecule has 0 fully saturated rings. The summed E-state index contributed by atoms with van der Waals surface area (Å²) in [4.78, 5) is 18.0. The molecule has 2 aromatic rings. The lowest BCUT2D eigenvalue weighted by Crippen LogP contribution is -2.40. The Kier molecular flexibility index (Phi) is 7.49. The van der Waals surface area contributed by atoms with E-state index in [0.717, 1.165) is 17.3 Å². The van der Waals surface area contributed by atoms with Crippen LogP contribution < -0.4 is 15.4 Å². The van der Waals surface area contributed by atoms with Gasteiger partial charge < -0.3 is 20.3 Å². The summed E-state index contributed by atoms with van der Waals surface area (Å²) in [5.74, 6) is 1.54. The van der Waals surface area contributed by atoms with Gasteiger partial charge in [-0.2, -0.15) is 0 Å². The molecule has 0 aliphatic carbocycles. The molecule has 0 radical (unpaired) electrons. The lowest BCUT2D eigenvalue weighted by atomic mass is 10.1. The number of carbonyl (C=O) groups excluding carboxylic acids is 1. The molecular formula is C20H26N4O2. The van der Waals surface area contributed by atoms with E-state index in [0.29, 0.717) is 25.3 Å². The number of nitrogens with zero attached hydrogens (tertiary/aromatic N) is 2. The van der Waals surface area contributed by atoms with Gasteiger partial charge in [0.15, 0.2) is 5.96 Å². The molecule has 0 bridgehead atoms. The second-order valence-corrected chi connectivity index (χ2v) is 5.76. The van der Waals surface area contributed by atoms with Gasteiger partial charge in [-0.05, 0) is 29.8 Å². The fraction of sp³-hybridized carbons (Fsp3) is 0.300. The normalized spacial score (nSPS) is 11.0. The lowest BCUT2D eigenvalue weighted by Gasteiger charge is -2.22. The van der Waals surface area contributed by atoms with E-state index in [4.69, 9.17) is 4.74 Å². The summed E-state index contributed by atoms with van der Waals surface area (Å²) in [6.45, 7) is 1.85. The number of benzene rings is 2. The minimum absolute atomic E-state index is 0.0913. The van der Waals surface area contributed by atoms with Gasteiger partial charge in [0.2, 0.25) is 0 Å². The molecule has 0 aliphatic rings. The maximum atomic E-state index is 11.7. The molecule has 0 spiro atoms. The molecule has 0 saturated carbocycles. The first-order valence-corrected chi connectivity index (χ1v) is 8.54. The number of aliphatic imine (C=N–C) groups is 1. The quantitative estimate of drug-likeness (QED) is 0.591. The van der Waals surface area contributed by atoms with Gasteiger partial charge in [0.25, 0.3) is 5.91 Å². The molecule has 26 heavy (non-hydrogen) atoms. The number of guanidine groups is 1. The fourth-order valence-corrected chi connectivity index (χ4v) is 2.46. The minimum atomic E-state index is -0.0913. The number of hydrogen-bond acceptors (Lipinski definition) is 3. The van der Waals surface area contributed by atoms with Gasteiger partial charge in [-0.3, -0.25) is 9.79 Å². The zero-order valence-electron chi connectivity index (χ0n) is 15.5. The molecule has 1 amide bonds. The van der Waals surface area contributed by atoms with E-state index in [1.54, 1.807) is 20.2 Å². The largest absolute Gasteiger partial charge is 0.492 e. The molecule has 0 unspecified atom stereocenters. The van der Waals surface area contributed by atoms with Gasteiger partial charge in [-0.15, -0.1) is 0 Å². The average molecular weight is 354 g/mol. The van der Waals surface area contributed by atoms with Gasteiger partial charge in [-0.1, -0.05) is 30.3 Å². The van der Waals surface area contributed by atoms with Crippen molar-refractivity contribution in [1.29, 1.82) is 0 Å². The number of amides is 1. The Morgan fingerprint density at radius 1 is 1.15 bits per heavy atom. The van der Waals surface area contributed by atoms with Crippen LogP contribution in [0.5, 0.6) is 5.75 Å². The van der Waals surface area contributed by atoms with E-state index in [1.165, 1.54) is 0 Å². The third kappa shape index (κ3) is 5.81. The Labute approximate surface area is 154 Å². The van der Waals surface area contributed by atoms with Crippen LogP contribution in [0.15, 0.2) is 59.6 Å². The molecular weight excluding hydrogens is 328 g/mol. The molecule has 0 aliphatic heterocycles. The Morgan fingerprint density at radius 3 is 2.62 bits per heavy atom. The van der Waals surface area contributed by atoms with Gasteiger partial charge in [0.1, 0.15) is 12.4 Å². The van der Waals surface area contributed by atoms with Crippen molar-refractivity contribution in [3.8, 4) is 5.75 Å². The molecule has 2 aromatic carbocycles. The summed E-state index contributed by atoms with van der Waals surface area (Å²) in [6, 6.07) is 17.3. The summed E-state index contributed by atoms with van der Waals surface area (Å²) >= 11 is 0. The highest BCUT2D eigenvalue weighted by atomic mass is 16.5. The highest BCUT2D eigenvalue weighted by Crippen LogP contribution is 2.08. The molecule has 0 heterocycles. The average Bonchev–Trinajstić information content (AvgIpc) is 2.69. The zero-order valence-corrected chi connectivity index (χ0v) is 15.5. The predicted octanol–water partition coefficient (Wildman–Crippen LogP) is 2.13. The first-order chi connectivity index (χ1) is 12.6. The highest BCUT2D eigenvalue weighted by Gasteiger charge is 2.07. The first-order valence-electron chi connectivity index (χ1n) is 8.54. The Balaban J connectivity index is 1.84. The standard InChI is InChI=1S/C20H26N4O2/c1-21-19(25)17-9-7-8-16(14-17)15-23-20(22-2)24(3)12-13-26-18-10-5-4-6-11-18/h4-11,14H,12-13,15H2,1-3H3,(H,21,25)(H,22,23). The minimum Gasteiger partial charge on any atom is -0.492 e. The Hall–Kier alpha value is -3.02. The van der Waals surface area contributed by atoms with Crippen LogP contribution >= 0.6 is 0 Å². The molecule has 0 atom stereocenters. The van der Waals surface area contributed by atoms with Gasteiger partial charge in [-0.25, -0.2) is 0 Å².